The number of rotatable bonds is 7. The molecule has 232 valence electrons. The highest BCUT2D eigenvalue weighted by molar-refractivity contribution is 6.83. The monoisotopic (exact) mass is 640 g/mol. The SMILES string of the molecule is CCOC(=O)c1c(-c2cccc(N3CCN(c4ccc([N+](=O)[O-])cc4)CC3)c2)c(-c2ccc(Cl)cc2)c(C#C[Si](C)(C)C)n1C. The number of anilines is 2. The zero-order valence-electron chi connectivity index (χ0n) is 26.3. The minimum absolute atomic E-state index is 0.0879. The average molecular weight is 641 g/mol. The molecule has 0 spiro atoms. The summed E-state index contributed by atoms with van der Waals surface area (Å²) in [5, 5.41) is 11.7. The quantitative estimate of drug-likeness (QED) is 0.0679. The number of non-ortho nitro benzene ring substituents is 1. The Bertz CT molecular complexity index is 1780. The van der Waals surface area contributed by atoms with Gasteiger partial charge < -0.3 is 19.1 Å². The molecule has 4 aromatic rings. The molecule has 0 saturated carbocycles. The third-order valence-electron chi connectivity index (χ3n) is 7.76. The molecule has 0 N–H and O–H groups in total. The van der Waals surface area contributed by atoms with Crippen LogP contribution in [0.2, 0.25) is 24.7 Å². The maximum absolute atomic E-state index is 13.6. The fourth-order valence-corrected chi connectivity index (χ4v) is 6.18. The third kappa shape index (κ3) is 7.08. The number of nitro benzene ring substituents is 1. The van der Waals surface area contributed by atoms with Crippen LogP contribution in [0.3, 0.4) is 0 Å². The normalized spacial score (nSPS) is 13.3. The Kier molecular flexibility index (Phi) is 9.37. The highest BCUT2D eigenvalue weighted by atomic mass is 35.5. The largest absolute Gasteiger partial charge is 0.461 e. The molecule has 45 heavy (non-hydrogen) atoms. The number of carbonyl (C=O) groups excluding carboxylic acids is 1. The van der Waals surface area contributed by atoms with Gasteiger partial charge in [-0.05, 0) is 54.4 Å². The van der Waals surface area contributed by atoms with Crippen LogP contribution in [0.15, 0.2) is 72.8 Å². The Morgan fingerprint density at radius 1 is 0.911 bits per heavy atom. The van der Waals surface area contributed by atoms with E-state index in [1.165, 1.54) is 0 Å². The Morgan fingerprint density at radius 3 is 2.11 bits per heavy atom. The summed E-state index contributed by atoms with van der Waals surface area (Å²) in [4.78, 5) is 28.8. The van der Waals surface area contributed by atoms with Crippen LogP contribution in [0.25, 0.3) is 22.3 Å². The Morgan fingerprint density at radius 2 is 1.53 bits per heavy atom. The van der Waals surface area contributed by atoms with E-state index < -0.39 is 14.0 Å². The lowest BCUT2D eigenvalue weighted by molar-refractivity contribution is -0.384. The summed E-state index contributed by atoms with van der Waals surface area (Å²) < 4.78 is 7.46. The second-order valence-corrected chi connectivity index (χ2v) is 17.2. The first-order valence-corrected chi connectivity index (χ1v) is 18.9. The van der Waals surface area contributed by atoms with Crippen LogP contribution >= 0.6 is 11.6 Å². The predicted octanol–water partition coefficient (Wildman–Crippen LogP) is 7.65. The van der Waals surface area contributed by atoms with E-state index in [9.17, 15) is 14.9 Å². The van der Waals surface area contributed by atoms with Crippen molar-refractivity contribution in [2.45, 2.75) is 26.6 Å². The van der Waals surface area contributed by atoms with Gasteiger partial charge in [-0.25, -0.2) is 4.79 Å². The number of aromatic nitrogens is 1. The maximum Gasteiger partial charge on any atom is 0.355 e. The summed E-state index contributed by atoms with van der Waals surface area (Å²) >= 11 is 6.28. The van der Waals surface area contributed by atoms with E-state index in [1.807, 2.05) is 67.1 Å². The number of piperazine rings is 1. The lowest BCUT2D eigenvalue weighted by Gasteiger charge is -2.37. The first-order chi connectivity index (χ1) is 21.5. The molecule has 8 nitrogen and oxygen atoms in total. The zero-order chi connectivity index (χ0) is 32.3. The van der Waals surface area contributed by atoms with Gasteiger partial charge in [-0.1, -0.05) is 61.4 Å². The van der Waals surface area contributed by atoms with Crippen molar-refractivity contribution in [3.8, 4) is 33.7 Å². The Hall–Kier alpha value is -4.52. The number of benzene rings is 3. The molecule has 1 fully saturated rings. The van der Waals surface area contributed by atoms with Gasteiger partial charge in [0.15, 0.2) is 0 Å². The molecule has 5 rings (SSSR count). The van der Waals surface area contributed by atoms with Crippen LogP contribution in [-0.2, 0) is 11.8 Å². The van der Waals surface area contributed by atoms with Crippen LogP contribution in [0, 0.1) is 21.6 Å². The van der Waals surface area contributed by atoms with Crippen LogP contribution in [0.4, 0.5) is 17.1 Å². The van der Waals surface area contributed by atoms with Gasteiger partial charge in [0.2, 0.25) is 0 Å². The van der Waals surface area contributed by atoms with E-state index in [4.69, 9.17) is 16.3 Å². The van der Waals surface area contributed by atoms with Crippen LogP contribution in [0.5, 0.6) is 0 Å². The fraction of sp³-hybridized carbons (Fsp3) is 0.286. The van der Waals surface area contributed by atoms with Crippen molar-refractivity contribution in [1.29, 1.82) is 0 Å². The van der Waals surface area contributed by atoms with Gasteiger partial charge in [0, 0.05) is 72.9 Å². The minimum atomic E-state index is -1.75. The van der Waals surface area contributed by atoms with Gasteiger partial charge in [0.05, 0.1) is 11.5 Å². The molecule has 0 radical (unpaired) electrons. The molecule has 0 amide bonds. The number of hydrogen-bond donors (Lipinski definition) is 0. The number of esters is 1. The summed E-state index contributed by atoms with van der Waals surface area (Å²) in [5.74, 6) is 3.06. The van der Waals surface area contributed by atoms with Crippen molar-refractivity contribution in [2.75, 3.05) is 42.6 Å². The summed E-state index contributed by atoms with van der Waals surface area (Å²) in [6.45, 7) is 11.8. The Balaban J connectivity index is 1.56. The fourth-order valence-electron chi connectivity index (χ4n) is 5.56. The predicted molar refractivity (Wildman–Crippen MR) is 185 cm³/mol. The average Bonchev–Trinajstić information content (AvgIpc) is 3.32. The summed E-state index contributed by atoms with van der Waals surface area (Å²) in [5.41, 5.74) is 10.3. The standard InChI is InChI=1S/C35H37ClN4O4Si/c1-6-44-35(41)34-33(32(25-10-12-27(36)13-11-25)31(37(34)2)18-23-45(3,4)5)26-8-7-9-30(24-26)39-21-19-38(20-22-39)28-14-16-29(17-15-28)40(42)43/h7-17,24H,6,19-22H2,1-5H3. The lowest BCUT2D eigenvalue weighted by atomic mass is 9.94. The van der Waals surface area contributed by atoms with Crippen molar-refractivity contribution in [3.63, 3.8) is 0 Å². The van der Waals surface area contributed by atoms with E-state index >= 15 is 0 Å². The molecule has 10 heteroatoms. The van der Waals surface area contributed by atoms with Crippen molar-refractivity contribution in [2.24, 2.45) is 7.05 Å². The topological polar surface area (TPSA) is 80.8 Å². The van der Waals surface area contributed by atoms with Gasteiger partial charge in [0.1, 0.15) is 19.5 Å². The number of ether oxygens (including phenoxy) is 1. The highest BCUT2D eigenvalue weighted by Gasteiger charge is 2.29. The van der Waals surface area contributed by atoms with E-state index in [1.54, 1.807) is 12.1 Å². The van der Waals surface area contributed by atoms with Gasteiger partial charge in [0.25, 0.3) is 5.69 Å². The molecule has 0 unspecified atom stereocenters. The maximum atomic E-state index is 13.6. The van der Waals surface area contributed by atoms with Crippen LogP contribution in [-0.4, -0.2) is 56.3 Å². The van der Waals surface area contributed by atoms with Crippen molar-refractivity contribution >= 4 is 42.7 Å². The van der Waals surface area contributed by atoms with Gasteiger partial charge in [-0.3, -0.25) is 10.1 Å². The molecular formula is C35H37ClN4O4Si. The van der Waals surface area contributed by atoms with Crippen molar-refractivity contribution < 1.29 is 14.5 Å². The molecule has 0 aliphatic carbocycles. The van der Waals surface area contributed by atoms with E-state index in [-0.39, 0.29) is 17.2 Å². The summed E-state index contributed by atoms with van der Waals surface area (Å²) in [6, 6.07) is 22.6. The van der Waals surface area contributed by atoms with Gasteiger partial charge in [-0.2, -0.15) is 0 Å². The molecule has 1 aromatic heterocycles. The van der Waals surface area contributed by atoms with E-state index in [2.05, 4.69) is 53.0 Å². The smallest absolute Gasteiger partial charge is 0.355 e. The van der Waals surface area contributed by atoms with Crippen molar-refractivity contribution in [1.82, 2.24) is 4.57 Å². The number of nitrogens with zero attached hydrogens (tertiary/aromatic N) is 4. The third-order valence-corrected chi connectivity index (χ3v) is 8.88. The number of halogens is 1. The molecule has 1 aliphatic heterocycles. The second-order valence-electron chi connectivity index (χ2n) is 12.0. The van der Waals surface area contributed by atoms with Crippen LogP contribution in [0.1, 0.15) is 23.1 Å². The molecule has 2 heterocycles. The van der Waals surface area contributed by atoms with Crippen molar-refractivity contribution in [3.05, 3.63) is 99.3 Å². The second kappa shape index (κ2) is 13.2. The highest BCUT2D eigenvalue weighted by Crippen LogP contribution is 2.41. The first kappa shape index (κ1) is 31.9. The number of carbonyl (C=O) groups is 1. The van der Waals surface area contributed by atoms with Gasteiger partial charge in [-0.15, -0.1) is 5.54 Å². The molecule has 1 saturated heterocycles. The first-order valence-electron chi connectivity index (χ1n) is 15.0. The van der Waals surface area contributed by atoms with Gasteiger partial charge >= 0.3 is 5.97 Å². The minimum Gasteiger partial charge on any atom is -0.461 e. The molecule has 0 bridgehead atoms. The number of nitro groups is 1. The Labute approximate surface area is 270 Å². The molecule has 1 aliphatic rings. The van der Waals surface area contributed by atoms with E-state index in [0.717, 1.165) is 65.5 Å². The molecule has 0 atom stereocenters. The lowest BCUT2D eigenvalue weighted by Crippen LogP contribution is -2.46. The molecule has 3 aromatic carbocycles. The zero-order valence-corrected chi connectivity index (χ0v) is 28.0. The molecular weight excluding hydrogens is 604 g/mol. The summed E-state index contributed by atoms with van der Waals surface area (Å²) in [6.07, 6.45) is 0. The van der Waals surface area contributed by atoms with Crippen LogP contribution < -0.4 is 9.80 Å². The van der Waals surface area contributed by atoms with E-state index in [0.29, 0.717) is 10.7 Å². The number of hydrogen-bond acceptors (Lipinski definition) is 6. The summed E-state index contributed by atoms with van der Waals surface area (Å²) in [7, 11) is 0.132.